The molecule has 0 atom stereocenters. The highest BCUT2D eigenvalue weighted by Crippen LogP contribution is 2.37. The highest BCUT2D eigenvalue weighted by molar-refractivity contribution is 7.15. The average Bonchev–Trinajstić information content (AvgIpc) is 3.64. The lowest BCUT2D eigenvalue weighted by molar-refractivity contribution is -0.131. The predicted octanol–water partition coefficient (Wildman–Crippen LogP) is 4.78. The first-order chi connectivity index (χ1) is 18.1. The molecule has 6 rings (SSSR count). The normalized spacial score (nSPS) is 12.9. The Kier molecular flexibility index (Phi) is 5.90. The number of carbonyl (C=O) groups is 1. The highest BCUT2D eigenvalue weighted by Gasteiger charge is 2.24. The van der Waals surface area contributed by atoms with Crippen molar-refractivity contribution in [3.05, 3.63) is 76.8 Å². The molecule has 0 aliphatic carbocycles. The maximum Gasteiger partial charge on any atom is 0.237 e. The van der Waals surface area contributed by atoms with E-state index in [0.29, 0.717) is 19.0 Å². The van der Waals surface area contributed by atoms with Gasteiger partial charge in [-0.05, 0) is 48.7 Å². The van der Waals surface area contributed by atoms with Crippen LogP contribution in [0, 0.1) is 18.3 Å². The van der Waals surface area contributed by atoms with Crippen LogP contribution in [-0.4, -0.2) is 41.9 Å². The van der Waals surface area contributed by atoms with Crippen LogP contribution in [0.2, 0.25) is 0 Å². The van der Waals surface area contributed by atoms with E-state index in [1.54, 1.807) is 16.2 Å². The molecule has 1 aliphatic rings. The predicted molar refractivity (Wildman–Crippen MR) is 142 cm³/mol. The van der Waals surface area contributed by atoms with Gasteiger partial charge in [0.1, 0.15) is 17.9 Å². The number of amides is 1. The summed E-state index contributed by atoms with van der Waals surface area (Å²) < 4.78 is 2.11. The Hall–Kier alpha value is -4.49. The second-order valence-corrected chi connectivity index (χ2v) is 10.2. The monoisotopic (exact) mass is 508 g/mol. The zero-order valence-corrected chi connectivity index (χ0v) is 21.0. The van der Waals surface area contributed by atoms with E-state index in [9.17, 15) is 4.79 Å². The number of hydrogen-bond donors (Lipinski definition) is 2. The number of hydrogen-bond acceptors (Lipinski definition) is 7. The summed E-state index contributed by atoms with van der Waals surface area (Å²) in [5.74, 6) is 1.38. The first kappa shape index (κ1) is 22.9. The number of anilines is 2. The van der Waals surface area contributed by atoms with E-state index in [1.165, 1.54) is 10.4 Å². The number of benzene rings is 1. The van der Waals surface area contributed by atoms with Gasteiger partial charge >= 0.3 is 0 Å². The Morgan fingerprint density at radius 2 is 2.11 bits per heavy atom. The second kappa shape index (κ2) is 9.52. The van der Waals surface area contributed by atoms with Crippen LogP contribution < -0.4 is 5.32 Å². The molecule has 0 radical (unpaired) electrons. The Morgan fingerprint density at radius 3 is 2.89 bits per heavy atom. The van der Waals surface area contributed by atoms with Crippen LogP contribution in [0.3, 0.4) is 0 Å². The summed E-state index contributed by atoms with van der Waals surface area (Å²) >= 11 is 1.71. The number of fused-ring (bicyclic) bond motifs is 2. The van der Waals surface area contributed by atoms with Crippen LogP contribution in [0.15, 0.2) is 55.0 Å². The third-order valence-electron chi connectivity index (χ3n) is 6.59. The smallest absolute Gasteiger partial charge is 0.237 e. The van der Waals surface area contributed by atoms with Gasteiger partial charge in [-0.15, -0.1) is 11.3 Å². The fraction of sp³-hybridized carbons (Fsp3) is 0.222. The molecular weight excluding hydrogens is 484 g/mol. The number of aromatic amines is 1. The molecule has 0 fully saturated rings. The van der Waals surface area contributed by atoms with Gasteiger partial charge in [0.05, 0.1) is 16.6 Å². The zero-order valence-electron chi connectivity index (χ0n) is 20.2. The molecule has 0 spiro atoms. The molecule has 1 aliphatic heterocycles. The van der Waals surface area contributed by atoms with Gasteiger partial charge in [-0.3, -0.25) is 4.79 Å². The minimum atomic E-state index is -0.117. The Bertz CT molecular complexity index is 1640. The van der Waals surface area contributed by atoms with Crippen LogP contribution in [0.1, 0.15) is 28.2 Å². The lowest BCUT2D eigenvalue weighted by atomic mass is 10.1. The number of carbonyl (C=O) groups excluding carboxylic acids is 1. The van der Waals surface area contributed by atoms with Crippen molar-refractivity contribution in [2.45, 2.75) is 32.9 Å². The van der Waals surface area contributed by atoms with Gasteiger partial charge in [-0.25, -0.2) is 9.97 Å². The van der Waals surface area contributed by atoms with E-state index in [4.69, 9.17) is 10.2 Å². The molecule has 2 N–H and O–H groups in total. The number of thiophene rings is 1. The molecule has 37 heavy (non-hydrogen) atoms. The number of imidazole rings is 1. The summed E-state index contributed by atoms with van der Waals surface area (Å²) in [5.41, 5.74) is 4.82. The van der Waals surface area contributed by atoms with Gasteiger partial charge < -0.3 is 19.8 Å². The third-order valence-corrected chi connectivity index (χ3v) is 7.83. The molecule has 0 saturated heterocycles. The van der Waals surface area contributed by atoms with Crippen molar-refractivity contribution in [2.75, 3.05) is 11.9 Å². The molecule has 9 nitrogen and oxygen atoms in total. The lowest BCUT2D eigenvalue weighted by Gasteiger charge is -2.26. The van der Waals surface area contributed by atoms with Crippen LogP contribution in [0.25, 0.3) is 21.6 Å². The van der Waals surface area contributed by atoms with Gasteiger partial charge in [-0.2, -0.15) is 10.2 Å². The van der Waals surface area contributed by atoms with Crippen LogP contribution in [-0.2, 0) is 24.3 Å². The SMILES string of the molecule is Cc1nccn1Cc1ccc(Nc2nc(-c3cc4c(s3)CCN(C(=O)CC#N)C4)c3cc[nH]c3n2)cc1. The number of H-pyrrole nitrogens is 1. The van der Waals surface area contributed by atoms with E-state index in [0.717, 1.165) is 51.6 Å². The van der Waals surface area contributed by atoms with Gasteiger partial charge in [0, 0.05) is 54.2 Å². The fourth-order valence-corrected chi connectivity index (χ4v) is 5.78. The van der Waals surface area contributed by atoms with E-state index >= 15 is 0 Å². The number of nitrogens with zero attached hydrogens (tertiary/aromatic N) is 6. The summed E-state index contributed by atoms with van der Waals surface area (Å²) in [7, 11) is 0. The molecule has 4 aromatic heterocycles. The van der Waals surface area contributed by atoms with Gasteiger partial charge in [0.15, 0.2) is 0 Å². The Morgan fingerprint density at radius 1 is 1.24 bits per heavy atom. The second-order valence-electron chi connectivity index (χ2n) is 9.02. The Labute approximate surface area is 217 Å². The van der Waals surface area contributed by atoms with Gasteiger partial charge in [0.2, 0.25) is 11.9 Å². The minimum absolute atomic E-state index is 0.0819. The van der Waals surface area contributed by atoms with Gasteiger partial charge in [-0.1, -0.05) is 12.1 Å². The van der Waals surface area contributed by atoms with Crippen molar-refractivity contribution in [1.82, 2.24) is 29.4 Å². The first-order valence-corrected chi connectivity index (χ1v) is 12.8. The summed E-state index contributed by atoms with van der Waals surface area (Å²) in [6.45, 7) is 3.93. The highest BCUT2D eigenvalue weighted by atomic mass is 32.1. The van der Waals surface area contributed by atoms with E-state index < -0.39 is 0 Å². The minimum Gasteiger partial charge on any atom is -0.346 e. The molecule has 1 aromatic carbocycles. The molecule has 5 heterocycles. The van der Waals surface area contributed by atoms with Gasteiger partial charge in [0.25, 0.3) is 0 Å². The number of nitriles is 1. The van der Waals surface area contributed by atoms with Crippen LogP contribution >= 0.6 is 11.3 Å². The topological polar surface area (TPSA) is 116 Å². The number of nitrogens with one attached hydrogen (secondary N) is 2. The summed E-state index contributed by atoms with van der Waals surface area (Å²) in [4.78, 5) is 33.4. The van der Waals surface area contributed by atoms with Crippen molar-refractivity contribution in [3.8, 4) is 16.6 Å². The molecule has 5 aromatic rings. The lowest BCUT2D eigenvalue weighted by Crippen LogP contribution is -2.34. The van der Waals surface area contributed by atoms with E-state index in [-0.39, 0.29) is 12.3 Å². The Balaban J connectivity index is 1.26. The molecule has 0 unspecified atom stereocenters. The first-order valence-electron chi connectivity index (χ1n) is 12.0. The standard InChI is InChI=1S/C27H24N8OS/c1-17-29-11-13-34(17)15-18-2-4-20(5-3-18)31-27-32-25(21-7-10-30-26(21)33-27)23-14-19-16-35(24(36)6-9-28)12-8-22(19)37-23/h2-5,7,10-11,13-14H,6,8,12,15-16H2,1H3,(H2,30,31,32,33). The van der Waals surface area contributed by atoms with E-state index in [2.05, 4.69) is 43.0 Å². The van der Waals surface area contributed by atoms with Crippen LogP contribution in [0.5, 0.6) is 0 Å². The van der Waals surface area contributed by atoms with Crippen LogP contribution in [0.4, 0.5) is 11.6 Å². The number of aromatic nitrogens is 5. The summed E-state index contributed by atoms with van der Waals surface area (Å²) in [6, 6.07) is 14.3. The van der Waals surface area contributed by atoms with Crippen molar-refractivity contribution < 1.29 is 4.79 Å². The van der Waals surface area contributed by atoms with E-state index in [1.807, 2.05) is 49.8 Å². The third kappa shape index (κ3) is 4.57. The number of aryl methyl sites for hydroxylation is 1. The maximum absolute atomic E-state index is 12.2. The quantitative estimate of drug-likeness (QED) is 0.341. The van der Waals surface area contributed by atoms with Crippen molar-refractivity contribution in [3.63, 3.8) is 0 Å². The molecule has 10 heteroatoms. The fourth-order valence-electron chi connectivity index (χ4n) is 4.62. The maximum atomic E-state index is 12.2. The molecule has 184 valence electrons. The number of rotatable bonds is 6. The average molecular weight is 509 g/mol. The molecule has 1 amide bonds. The zero-order chi connectivity index (χ0) is 25.4. The van der Waals surface area contributed by atoms with Crippen molar-refractivity contribution in [2.24, 2.45) is 0 Å². The van der Waals surface area contributed by atoms with Crippen molar-refractivity contribution in [1.29, 1.82) is 5.26 Å². The summed E-state index contributed by atoms with van der Waals surface area (Å²) in [5, 5.41) is 13.2. The molecule has 0 saturated carbocycles. The largest absolute Gasteiger partial charge is 0.346 e. The summed E-state index contributed by atoms with van der Waals surface area (Å²) in [6.07, 6.45) is 6.36. The molecule has 0 bridgehead atoms. The van der Waals surface area contributed by atoms with Crippen molar-refractivity contribution >= 4 is 39.9 Å². The molecular formula is C27H24N8OS.